The summed E-state index contributed by atoms with van der Waals surface area (Å²) in [7, 11) is 0. The Labute approximate surface area is 264 Å². The zero-order valence-corrected chi connectivity index (χ0v) is 24.6. The van der Waals surface area contributed by atoms with Gasteiger partial charge >= 0.3 is 0 Å². The van der Waals surface area contributed by atoms with Crippen molar-refractivity contribution in [2.75, 3.05) is 0 Å². The molecule has 0 radical (unpaired) electrons. The van der Waals surface area contributed by atoms with Crippen LogP contribution in [0.1, 0.15) is 0 Å². The van der Waals surface area contributed by atoms with E-state index in [1.54, 1.807) is 0 Å². The summed E-state index contributed by atoms with van der Waals surface area (Å²) < 4.78 is 8.38. The molecule has 0 saturated heterocycles. The van der Waals surface area contributed by atoms with E-state index in [0.29, 0.717) is 17.5 Å². The Morgan fingerprint density at radius 3 is 1.80 bits per heavy atom. The second-order valence-electron chi connectivity index (χ2n) is 11.2. The number of hydrogen-bond acceptors (Lipinski definition) is 5. The molecule has 0 N–H and O–H groups in total. The fourth-order valence-electron chi connectivity index (χ4n) is 5.98. The van der Waals surface area contributed by atoms with Gasteiger partial charge in [0, 0.05) is 39.9 Å². The summed E-state index contributed by atoms with van der Waals surface area (Å²) in [5, 5.41) is 2.10. The summed E-state index contributed by atoms with van der Waals surface area (Å²) in [6.07, 6.45) is 4.07. The summed E-state index contributed by atoms with van der Waals surface area (Å²) in [5.74, 6) is 1.78. The highest BCUT2D eigenvalue weighted by Gasteiger charge is 2.17. The van der Waals surface area contributed by atoms with Gasteiger partial charge in [0.2, 0.25) is 0 Å². The lowest BCUT2D eigenvalue weighted by Crippen LogP contribution is -2.00. The highest BCUT2D eigenvalue weighted by Crippen LogP contribution is 2.36. The summed E-state index contributed by atoms with van der Waals surface area (Å²) >= 11 is 0. The van der Waals surface area contributed by atoms with E-state index in [-0.39, 0.29) is 0 Å². The monoisotopic (exact) mass is 591 g/mol. The van der Waals surface area contributed by atoms with E-state index in [2.05, 4.69) is 66.9 Å². The van der Waals surface area contributed by atoms with Crippen LogP contribution in [0.25, 0.3) is 84.1 Å². The van der Waals surface area contributed by atoms with Crippen molar-refractivity contribution in [2.24, 2.45) is 0 Å². The number of para-hydroxylation sites is 2. The number of nitrogens with zero attached hydrogens (tertiary/aromatic N) is 5. The zero-order valence-electron chi connectivity index (χ0n) is 24.6. The van der Waals surface area contributed by atoms with Gasteiger partial charge < -0.3 is 8.82 Å². The number of imidazole rings is 1. The van der Waals surface area contributed by atoms with Gasteiger partial charge in [-0.2, -0.15) is 0 Å². The van der Waals surface area contributed by atoms with Crippen LogP contribution < -0.4 is 0 Å². The van der Waals surface area contributed by atoms with Gasteiger partial charge in [-0.1, -0.05) is 115 Å². The minimum Gasteiger partial charge on any atom is -0.455 e. The van der Waals surface area contributed by atoms with Crippen molar-refractivity contribution in [1.29, 1.82) is 0 Å². The average molecular weight is 592 g/mol. The zero-order chi connectivity index (χ0) is 30.5. The molecular weight excluding hydrogens is 566 g/mol. The molecular formula is C40H25N5O. The molecule has 9 aromatic rings. The van der Waals surface area contributed by atoms with Crippen LogP contribution in [-0.2, 0) is 0 Å². The molecule has 0 atom stereocenters. The molecule has 0 aliphatic heterocycles. The molecule has 0 bridgehead atoms. The van der Waals surface area contributed by atoms with Crippen molar-refractivity contribution in [3.63, 3.8) is 0 Å². The maximum Gasteiger partial charge on any atom is 0.167 e. The SMILES string of the molecule is c1ccc(-c2nc(-c3ccc(-c4ccc(-c5cn6ccccc6n5)cc4)cc3)nc(-c3cccc4c3oc3ccccc34)n2)cc1. The van der Waals surface area contributed by atoms with E-state index >= 15 is 0 Å². The maximum absolute atomic E-state index is 6.34. The molecule has 0 aliphatic rings. The molecule has 0 aliphatic carbocycles. The Morgan fingerprint density at radius 1 is 0.435 bits per heavy atom. The molecule has 0 fully saturated rings. The van der Waals surface area contributed by atoms with E-state index < -0.39 is 0 Å². The number of furan rings is 1. The van der Waals surface area contributed by atoms with Gasteiger partial charge in [-0.3, -0.25) is 0 Å². The third kappa shape index (κ3) is 4.52. The molecule has 0 saturated carbocycles. The van der Waals surface area contributed by atoms with Crippen LogP contribution in [0.4, 0.5) is 0 Å². The topological polar surface area (TPSA) is 69.1 Å². The lowest BCUT2D eigenvalue weighted by atomic mass is 10.0. The van der Waals surface area contributed by atoms with Crippen LogP contribution in [0.15, 0.2) is 156 Å². The number of benzene rings is 5. The fraction of sp³-hybridized carbons (Fsp3) is 0. The van der Waals surface area contributed by atoms with Crippen molar-refractivity contribution in [1.82, 2.24) is 24.3 Å². The highest BCUT2D eigenvalue weighted by atomic mass is 16.3. The average Bonchev–Trinajstić information content (AvgIpc) is 3.74. The van der Waals surface area contributed by atoms with E-state index in [9.17, 15) is 0 Å². The number of aromatic nitrogens is 5. The van der Waals surface area contributed by atoms with Crippen LogP contribution in [0, 0.1) is 0 Å². The molecule has 6 nitrogen and oxygen atoms in total. The summed E-state index contributed by atoms with van der Waals surface area (Å²) in [5.41, 5.74) is 9.45. The third-order valence-corrected chi connectivity index (χ3v) is 8.33. The van der Waals surface area contributed by atoms with Gasteiger partial charge in [0.05, 0.1) is 11.3 Å². The van der Waals surface area contributed by atoms with Gasteiger partial charge in [0.25, 0.3) is 0 Å². The predicted molar refractivity (Wildman–Crippen MR) is 183 cm³/mol. The summed E-state index contributed by atoms with van der Waals surface area (Å²) in [6, 6.07) is 47.1. The number of fused-ring (bicyclic) bond motifs is 4. The minimum absolute atomic E-state index is 0.570. The van der Waals surface area contributed by atoms with Crippen LogP contribution in [0.5, 0.6) is 0 Å². The van der Waals surface area contributed by atoms with Gasteiger partial charge in [0.15, 0.2) is 17.5 Å². The normalized spacial score (nSPS) is 11.5. The molecule has 4 aromatic heterocycles. The molecule has 216 valence electrons. The maximum atomic E-state index is 6.34. The first-order valence-electron chi connectivity index (χ1n) is 15.1. The number of pyridine rings is 1. The van der Waals surface area contributed by atoms with Gasteiger partial charge in [-0.15, -0.1) is 0 Å². The third-order valence-electron chi connectivity index (χ3n) is 8.33. The molecule has 0 unspecified atom stereocenters. The quantitative estimate of drug-likeness (QED) is 0.199. The van der Waals surface area contributed by atoms with Gasteiger partial charge in [-0.05, 0) is 35.4 Å². The Morgan fingerprint density at radius 2 is 1.04 bits per heavy atom. The first-order chi connectivity index (χ1) is 22.8. The van der Waals surface area contributed by atoms with Crippen molar-refractivity contribution in [3.8, 4) is 56.5 Å². The van der Waals surface area contributed by atoms with E-state index in [0.717, 1.165) is 66.7 Å². The molecule has 46 heavy (non-hydrogen) atoms. The van der Waals surface area contributed by atoms with E-state index in [1.165, 1.54) is 0 Å². The number of hydrogen-bond donors (Lipinski definition) is 0. The van der Waals surface area contributed by atoms with Crippen molar-refractivity contribution in [3.05, 3.63) is 152 Å². The van der Waals surface area contributed by atoms with Crippen LogP contribution >= 0.6 is 0 Å². The highest BCUT2D eigenvalue weighted by molar-refractivity contribution is 6.09. The smallest absolute Gasteiger partial charge is 0.167 e. The molecule has 0 amide bonds. The van der Waals surface area contributed by atoms with Crippen molar-refractivity contribution in [2.45, 2.75) is 0 Å². The van der Waals surface area contributed by atoms with Crippen molar-refractivity contribution >= 4 is 27.6 Å². The summed E-state index contributed by atoms with van der Waals surface area (Å²) in [6.45, 7) is 0. The second kappa shape index (κ2) is 10.6. The first kappa shape index (κ1) is 26.0. The van der Waals surface area contributed by atoms with Crippen LogP contribution in [-0.4, -0.2) is 24.3 Å². The Balaban J connectivity index is 1.10. The Bertz CT molecular complexity index is 2480. The van der Waals surface area contributed by atoms with E-state index in [4.69, 9.17) is 24.4 Å². The molecule has 4 heterocycles. The standard InChI is InChI=1S/C40H25N5O/c1-2-9-29(10-3-1)38-42-39(44-40(43-38)33-13-8-12-32-31-11-4-5-14-35(31)46-37(32)33)30-22-18-27(19-23-30)26-16-20-28(21-17-26)34-25-45-24-7-6-15-36(45)41-34/h1-25H. The molecule has 6 heteroatoms. The van der Waals surface area contributed by atoms with Gasteiger partial charge in [-0.25, -0.2) is 19.9 Å². The van der Waals surface area contributed by atoms with Crippen LogP contribution in [0.2, 0.25) is 0 Å². The predicted octanol–water partition coefficient (Wildman–Crippen LogP) is 9.75. The lowest BCUT2D eigenvalue weighted by Gasteiger charge is -2.09. The molecule has 9 rings (SSSR count). The fourth-order valence-corrected chi connectivity index (χ4v) is 5.98. The van der Waals surface area contributed by atoms with E-state index in [1.807, 2.05) is 89.5 Å². The van der Waals surface area contributed by atoms with Crippen molar-refractivity contribution < 1.29 is 4.42 Å². The number of rotatable bonds is 5. The molecule has 0 spiro atoms. The lowest BCUT2D eigenvalue weighted by molar-refractivity contribution is 0.669. The van der Waals surface area contributed by atoms with Gasteiger partial charge in [0.1, 0.15) is 16.8 Å². The minimum atomic E-state index is 0.570. The summed E-state index contributed by atoms with van der Waals surface area (Å²) in [4.78, 5) is 19.6. The van der Waals surface area contributed by atoms with Crippen LogP contribution in [0.3, 0.4) is 0 Å². The first-order valence-corrected chi connectivity index (χ1v) is 15.1. The second-order valence-corrected chi connectivity index (χ2v) is 11.2. The largest absolute Gasteiger partial charge is 0.455 e. The molecule has 5 aromatic carbocycles. The Kier molecular flexibility index (Phi) is 6.03. The Hall–Kier alpha value is -6.40.